The summed E-state index contributed by atoms with van der Waals surface area (Å²) >= 11 is 12.7. The zero-order chi connectivity index (χ0) is 22.4. The number of halogens is 2. The van der Waals surface area contributed by atoms with Gasteiger partial charge in [-0.3, -0.25) is 24.1 Å². The van der Waals surface area contributed by atoms with E-state index in [1.54, 1.807) is 54.6 Å². The summed E-state index contributed by atoms with van der Waals surface area (Å²) in [4.78, 5) is 49.9. The van der Waals surface area contributed by atoms with E-state index in [-0.39, 0.29) is 24.5 Å². The molecule has 0 radical (unpaired) electrons. The van der Waals surface area contributed by atoms with Crippen LogP contribution >= 0.6 is 35.0 Å². The molecule has 1 aliphatic rings. The van der Waals surface area contributed by atoms with Crippen LogP contribution in [0.25, 0.3) is 6.08 Å². The van der Waals surface area contributed by atoms with Crippen LogP contribution in [0, 0.1) is 0 Å². The van der Waals surface area contributed by atoms with Gasteiger partial charge >= 0.3 is 0 Å². The molecule has 7 nitrogen and oxygen atoms in total. The minimum absolute atomic E-state index is 0.0153. The van der Waals surface area contributed by atoms with E-state index >= 15 is 0 Å². The fourth-order valence-corrected chi connectivity index (χ4v) is 3.83. The number of thioether (sulfide) groups is 1. The van der Waals surface area contributed by atoms with Gasteiger partial charge in [0.1, 0.15) is 0 Å². The van der Waals surface area contributed by atoms with Gasteiger partial charge < -0.3 is 10.6 Å². The highest BCUT2D eigenvalue weighted by Crippen LogP contribution is 2.33. The van der Waals surface area contributed by atoms with Gasteiger partial charge in [-0.25, -0.2) is 0 Å². The standard InChI is InChI=1S/C21H17Cl2N3O4S/c22-15-7-5-13(6-8-15)19(28)25-12-18(27)24-9-10-26-20(29)17(31-21(26)30)11-14-3-1-2-4-16(14)23/h1-8,11H,9-10,12H2,(H,24,27)(H,25,28)/b17-11-. The highest BCUT2D eigenvalue weighted by Gasteiger charge is 2.34. The maximum atomic E-state index is 12.5. The maximum Gasteiger partial charge on any atom is 0.293 e. The first kappa shape index (κ1) is 22.9. The van der Waals surface area contributed by atoms with E-state index in [1.807, 2.05) is 0 Å². The molecule has 31 heavy (non-hydrogen) atoms. The van der Waals surface area contributed by atoms with Crippen molar-refractivity contribution in [1.82, 2.24) is 15.5 Å². The SMILES string of the molecule is O=C(CNC(=O)c1ccc(Cl)cc1)NCCN1C(=O)S/C(=C\c2ccccc2Cl)C1=O. The second kappa shape index (κ2) is 10.5. The Kier molecular flexibility index (Phi) is 7.73. The topological polar surface area (TPSA) is 95.6 Å². The molecule has 10 heteroatoms. The number of hydrogen-bond donors (Lipinski definition) is 2. The van der Waals surface area contributed by atoms with Crippen LogP contribution in [0.15, 0.2) is 53.4 Å². The number of amides is 4. The molecule has 0 unspecified atom stereocenters. The average Bonchev–Trinajstić information content (AvgIpc) is 3.01. The zero-order valence-corrected chi connectivity index (χ0v) is 18.4. The van der Waals surface area contributed by atoms with E-state index in [0.29, 0.717) is 21.2 Å². The Balaban J connectivity index is 1.46. The van der Waals surface area contributed by atoms with E-state index in [9.17, 15) is 19.2 Å². The molecule has 4 amide bonds. The van der Waals surface area contributed by atoms with Crippen LogP contribution < -0.4 is 10.6 Å². The molecule has 2 aromatic carbocycles. The minimum atomic E-state index is -0.444. The molecule has 1 saturated heterocycles. The summed E-state index contributed by atoms with van der Waals surface area (Å²) in [6, 6.07) is 13.2. The highest BCUT2D eigenvalue weighted by molar-refractivity contribution is 8.18. The van der Waals surface area contributed by atoms with Gasteiger partial charge in [0.25, 0.3) is 17.1 Å². The monoisotopic (exact) mass is 477 g/mol. The number of nitrogens with one attached hydrogen (secondary N) is 2. The van der Waals surface area contributed by atoms with Gasteiger partial charge in [0.2, 0.25) is 5.91 Å². The first-order chi connectivity index (χ1) is 14.8. The number of hydrogen-bond acceptors (Lipinski definition) is 5. The number of benzene rings is 2. The number of carbonyl (C=O) groups excluding carboxylic acids is 4. The van der Waals surface area contributed by atoms with Crippen molar-refractivity contribution >= 4 is 64.0 Å². The molecule has 2 aromatic rings. The van der Waals surface area contributed by atoms with Gasteiger partial charge in [0, 0.05) is 28.7 Å². The number of imide groups is 1. The molecular formula is C21H17Cl2N3O4S. The van der Waals surface area contributed by atoms with Crippen molar-refractivity contribution in [2.45, 2.75) is 0 Å². The Hall–Kier alpha value is -2.81. The lowest BCUT2D eigenvalue weighted by Crippen LogP contribution is -2.41. The number of nitrogens with zero attached hydrogens (tertiary/aromatic N) is 1. The summed E-state index contributed by atoms with van der Waals surface area (Å²) in [5, 5.41) is 5.61. The fourth-order valence-electron chi connectivity index (χ4n) is 2.66. The number of carbonyl (C=O) groups is 4. The van der Waals surface area contributed by atoms with Crippen molar-refractivity contribution < 1.29 is 19.2 Å². The lowest BCUT2D eigenvalue weighted by atomic mass is 10.2. The fraction of sp³-hybridized carbons (Fsp3) is 0.143. The van der Waals surface area contributed by atoms with Gasteiger partial charge in [-0.15, -0.1) is 0 Å². The molecule has 0 aliphatic carbocycles. The average molecular weight is 478 g/mol. The maximum absolute atomic E-state index is 12.5. The Bertz CT molecular complexity index is 1060. The number of rotatable bonds is 7. The van der Waals surface area contributed by atoms with Crippen LogP contribution in [-0.2, 0) is 9.59 Å². The van der Waals surface area contributed by atoms with Crippen LogP contribution in [0.4, 0.5) is 4.79 Å². The van der Waals surface area contributed by atoms with Crippen LogP contribution in [0.5, 0.6) is 0 Å². The predicted molar refractivity (Wildman–Crippen MR) is 121 cm³/mol. The summed E-state index contributed by atoms with van der Waals surface area (Å²) in [7, 11) is 0. The highest BCUT2D eigenvalue weighted by atomic mass is 35.5. The molecular weight excluding hydrogens is 461 g/mol. The quantitative estimate of drug-likeness (QED) is 0.594. The molecule has 1 heterocycles. The molecule has 160 valence electrons. The smallest absolute Gasteiger partial charge is 0.293 e. The second-order valence-electron chi connectivity index (χ2n) is 6.39. The van der Waals surface area contributed by atoms with E-state index in [4.69, 9.17) is 23.2 Å². The Morgan fingerprint density at radius 2 is 1.71 bits per heavy atom. The van der Waals surface area contributed by atoms with Crippen molar-refractivity contribution in [2.24, 2.45) is 0 Å². The van der Waals surface area contributed by atoms with Crippen LogP contribution in [-0.4, -0.2) is 47.5 Å². The summed E-state index contributed by atoms with van der Waals surface area (Å²) in [5.74, 6) is -1.30. The molecule has 0 atom stereocenters. The van der Waals surface area contributed by atoms with Crippen molar-refractivity contribution in [3.8, 4) is 0 Å². The Morgan fingerprint density at radius 1 is 1.00 bits per heavy atom. The third-order valence-corrected chi connectivity index (χ3v) is 5.74. The molecule has 2 N–H and O–H groups in total. The first-order valence-corrected chi connectivity index (χ1v) is 10.7. The largest absolute Gasteiger partial charge is 0.353 e. The van der Waals surface area contributed by atoms with Gasteiger partial charge in [0.05, 0.1) is 11.4 Å². The first-order valence-electron chi connectivity index (χ1n) is 9.15. The molecule has 0 bridgehead atoms. The van der Waals surface area contributed by atoms with Crippen LogP contribution in [0.3, 0.4) is 0 Å². The van der Waals surface area contributed by atoms with Gasteiger partial charge in [-0.2, -0.15) is 0 Å². The predicted octanol–water partition coefficient (Wildman–Crippen LogP) is 3.58. The van der Waals surface area contributed by atoms with Crippen LogP contribution in [0.1, 0.15) is 15.9 Å². The second-order valence-corrected chi connectivity index (χ2v) is 8.23. The van der Waals surface area contributed by atoms with E-state index < -0.39 is 23.0 Å². The van der Waals surface area contributed by atoms with Gasteiger partial charge in [-0.05, 0) is 53.7 Å². The van der Waals surface area contributed by atoms with Crippen molar-refractivity contribution in [3.05, 3.63) is 74.6 Å². The molecule has 1 aliphatic heterocycles. The van der Waals surface area contributed by atoms with Crippen molar-refractivity contribution in [1.29, 1.82) is 0 Å². The van der Waals surface area contributed by atoms with Gasteiger partial charge in [-0.1, -0.05) is 41.4 Å². The van der Waals surface area contributed by atoms with E-state index in [1.165, 1.54) is 0 Å². The summed E-state index contributed by atoms with van der Waals surface area (Å²) < 4.78 is 0. The molecule has 0 aromatic heterocycles. The summed E-state index contributed by atoms with van der Waals surface area (Å²) in [6.45, 7) is -0.162. The summed E-state index contributed by atoms with van der Waals surface area (Å²) in [6.07, 6.45) is 1.57. The van der Waals surface area contributed by atoms with Gasteiger partial charge in [0.15, 0.2) is 0 Å². The van der Waals surface area contributed by atoms with Crippen LogP contribution in [0.2, 0.25) is 10.0 Å². The zero-order valence-electron chi connectivity index (χ0n) is 16.1. The molecule has 0 spiro atoms. The molecule has 3 rings (SSSR count). The Morgan fingerprint density at radius 3 is 2.42 bits per heavy atom. The summed E-state index contributed by atoms with van der Waals surface area (Å²) in [5.41, 5.74) is 1.01. The molecule has 1 fully saturated rings. The Labute approximate surface area is 192 Å². The van der Waals surface area contributed by atoms with E-state index in [0.717, 1.165) is 16.7 Å². The lowest BCUT2D eigenvalue weighted by molar-refractivity contribution is -0.124. The van der Waals surface area contributed by atoms with Crippen molar-refractivity contribution in [3.63, 3.8) is 0 Å². The van der Waals surface area contributed by atoms with Crippen molar-refractivity contribution in [2.75, 3.05) is 19.6 Å². The minimum Gasteiger partial charge on any atom is -0.353 e. The normalized spacial score (nSPS) is 14.8. The molecule has 0 saturated carbocycles. The lowest BCUT2D eigenvalue weighted by Gasteiger charge is -2.13. The van der Waals surface area contributed by atoms with E-state index in [2.05, 4.69) is 10.6 Å². The third kappa shape index (κ3) is 6.10. The third-order valence-electron chi connectivity index (χ3n) is 4.24.